The fourth-order valence-electron chi connectivity index (χ4n) is 4.33. The number of aromatic nitrogens is 3. The second kappa shape index (κ2) is 9.34. The van der Waals surface area contributed by atoms with Crippen LogP contribution in [0.4, 0.5) is 5.95 Å². The van der Waals surface area contributed by atoms with Gasteiger partial charge in [-0.2, -0.15) is 0 Å². The van der Waals surface area contributed by atoms with Gasteiger partial charge in [-0.3, -0.25) is 9.78 Å². The summed E-state index contributed by atoms with van der Waals surface area (Å²) < 4.78 is 5.26. The van der Waals surface area contributed by atoms with Gasteiger partial charge in [-0.1, -0.05) is 12.1 Å². The van der Waals surface area contributed by atoms with Gasteiger partial charge in [0.1, 0.15) is 5.75 Å². The molecule has 7 heteroatoms. The Morgan fingerprint density at radius 3 is 2.66 bits per heavy atom. The number of nitrogens with two attached hydrogens (primary N) is 1. The van der Waals surface area contributed by atoms with Crippen molar-refractivity contribution in [2.24, 2.45) is 0 Å². The molecule has 1 atom stereocenters. The van der Waals surface area contributed by atoms with Crippen LogP contribution in [-0.4, -0.2) is 46.0 Å². The third-order valence-corrected chi connectivity index (χ3v) is 5.96. The Morgan fingerprint density at radius 2 is 1.94 bits per heavy atom. The Morgan fingerprint density at radius 1 is 1.16 bits per heavy atom. The van der Waals surface area contributed by atoms with E-state index in [0.29, 0.717) is 17.8 Å². The van der Waals surface area contributed by atoms with Crippen LogP contribution in [0.3, 0.4) is 0 Å². The number of pyridine rings is 1. The van der Waals surface area contributed by atoms with Crippen molar-refractivity contribution in [1.29, 1.82) is 0 Å². The van der Waals surface area contributed by atoms with Crippen molar-refractivity contribution < 1.29 is 9.53 Å². The highest BCUT2D eigenvalue weighted by Crippen LogP contribution is 2.28. The van der Waals surface area contributed by atoms with E-state index in [1.165, 1.54) is 17.3 Å². The van der Waals surface area contributed by atoms with E-state index >= 15 is 0 Å². The Labute approximate surface area is 188 Å². The van der Waals surface area contributed by atoms with E-state index in [2.05, 4.69) is 34.2 Å². The van der Waals surface area contributed by atoms with E-state index in [-0.39, 0.29) is 17.8 Å². The number of hydrogen-bond acceptors (Lipinski definition) is 6. The number of benzene rings is 1. The Hall–Kier alpha value is -3.48. The first kappa shape index (κ1) is 21.7. The van der Waals surface area contributed by atoms with E-state index < -0.39 is 0 Å². The zero-order valence-electron chi connectivity index (χ0n) is 18.8. The number of rotatable bonds is 5. The quantitative estimate of drug-likeness (QED) is 0.662. The van der Waals surface area contributed by atoms with Crippen LogP contribution < -0.4 is 10.5 Å². The molecule has 32 heavy (non-hydrogen) atoms. The topological polar surface area (TPSA) is 94.2 Å². The van der Waals surface area contributed by atoms with Crippen LogP contribution in [-0.2, 0) is 6.42 Å². The maximum Gasteiger partial charge on any atom is 0.257 e. The SMILES string of the molecule is COc1ccc(Cc2cc(C)nc([C@H]3CCCN(C(=O)c4cnc(N)nc4C)C3)c2)cc1. The Bertz CT molecular complexity index is 1110. The molecule has 1 aromatic carbocycles. The second-order valence-corrected chi connectivity index (χ2v) is 8.38. The number of amides is 1. The lowest BCUT2D eigenvalue weighted by atomic mass is 9.92. The minimum absolute atomic E-state index is 0.0432. The summed E-state index contributed by atoms with van der Waals surface area (Å²) in [6.45, 7) is 5.19. The number of aryl methyl sites for hydroxylation is 2. The number of methoxy groups -OCH3 is 1. The zero-order valence-corrected chi connectivity index (χ0v) is 18.8. The van der Waals surface area contributed by atoms with Gasteiger partial charge in [0, 0.05) is 36.6 Å². The third kappa shape index (κ3) is 4.88. The number of ether oxygens (including phenoxy) is 1. The predicted molar refractivity (Wildman–Crippen MR) is 124 cm³/mol. The van der Waals surface area contributed by atoms with Crippen molar-refractivity contribution in [3.8, 4) is 5.75 Å². The van der Waals surface area contributed by atoms with Crippen LogP contribution >= 0.6 is 0 Å². The molecule has 7 nitrogen and oxygen atoms in total. The predicted octanol–water partition coefficient (Wildman–Crippen LogP) is 3.69. The van der Waals surface area contributed by atoms with E-state index in [0.717, 1.165) is 42.9 Å². The molecule has 1 saturated heterocycles. The fraction of sp³-hybridized carbons (Fsp3) is 0.360. The average Bonchev–Trinajstić information content (AvgIpc) is 2.79. The van der Waals surface area contributed by atoms with Crippen LogP contribution in [0.2, 0.25) is 0 Å². The summed E-state index contributed by atoms with van der Waals surface area (Å²) in [6, 6.07) is 12.5. The molecule has 1 aliphatic rings. The van der Waals surface area contributed by atoms with Gasteiger partial charge in [-0.25, -0.2) is 9.97 Å². The van der Waals surface area contributed by atoms with Gasteiger partial charge in [-0.05, 0) is 68.5 Å². The normalized spacial score (nSPS) is 16.1. The van der Waals surface area contributed by atoms with E-state index in [4.69, 9.17) is 15.5 Å². The number of piperidine rings is 1. The van der Waals surface area contributed by atoms with Crippen molar-refractivity contribution in [3.05, 3.63) is 76.4 Å². The molecule has 166 valence electrons. The molecule has 0 bridgehead atoms. The number of nitrogen functional groups attached to an aromatic ring is 1. The summed E-state index contributed by atoms with van der Waals surface area (Å²) in [5.41, 5.74) is 11.3. The van der Waals surface area contributed by atoms with Gasteiger partial charge in [-0.15, -0.1) is 0 Å². The van der Waals surface area contributed by atoms with E-state index in [1.54, 1.807) is 14.0 Å². The van der Waals surface area contributed by atoms with Crippen molar-refractivity contribution in [1.82, 2.24) is 19.9 Å². The standard InChI is InChI=1S/C25H29N5O2/c1-16-11-19(12-18-6-8-21(32-3)9-7-18)13-23(28-16)20-5-4-10-30(15-20)24(31)22-14-27-25(26)29-17(22)2/h6-9,11,13-14,20H,4-5,10,12,15H2,1-3H3,(H2,26,27,29)/t20-/m0/s1. The molecule has 0 radical (unpaired) electrons. The fourth-order valence-corrected chi connectivity index (χ4v) is 4.33. The largest absolute Gasteiger partial charge is 0.497 e. The van der Waals surface area contributed by atoms with Crippen LogP contribution in [0.5, 0.6) is 5.75 Å². The molecule has 3 aromatic rings. The maximum absolute atomic E-state index is 13.1. The highest BCUT2D eigenvalue weighted by atomic mass is 16.5. The number of anilines is 1. The van der Waals surface area contributed by atoms with Crippen LogP contribution in [0.25, 0.3) is 0 Å². The summed E-state index contributed by atoms with van der Waals surface area (Å²) in [5.74, 6) is 1.20. The Kier molecular flexibility index (Phi) is 6.35. The molecular formula is C25H29N5O2. The van der Waals surface area contributed by atoms with Gasteiger partial charge >= 0.3 is 0 Å². The molecule has 0 spiro atoms. The molecule has 4 rings (SSSR count). The molecule has 2 N–H and O–H groups in total. The molecule has 1 aliphatic heterocycles. The first-order chi connectivity index (χ1) is 15.4. The molecule has 0 saturated carbocycles. The minimum Gasteiger partial charge on any atom is -0.497 e. The third-order valence-electron chi connectivity index (χ3n) is 5.96. The first-order valence-corrected chi connectivity index (χ1v) is 10.9. The van der Waals surface area contributed by atoms with Crippen molar-refractivity contribution in [3.63, 3.8) is 0 Å². The van der Waals surface area contributed by atoms with Crippen molar-refractivity contribution in [2.75, 3.05) is 25.9 Å². The number of carbonyl (C=O) groups excluding carboxylic acids is 1. The average molecular weight is 432 g/mol. The highest BCUT2D eigenvalue weighted by molar-refractivity contribution is 5.95. The van der Waals surface area contributed by atoms with E-state index in [9.17, 15) is 4.79 Å². The van der Waals surface area contributed by atoms with Gasteiger partial charge in [0.2, 0.25) is 5.95 Å². The monoisotopic (exact) mass is 431 g/mol. The molecule has 1 amide bonds. The summed E-state index contributed by atoms with van der Waals surface area (Å²) in [6.07, 6.45) is 4.31. The lowest BCUT2D eigenvalue weighted by Gasteiger charge is -2.33. The molecule has 2 aromatic heterocycles. The van der Waals surface area contributed by atoms with Gasteiger partial charge in [0.15, 0.2) is 0 Å². The summed E-state index contributed by atoms with van der Waals surface area (Å²) in [5, 5.41) is 0. The summed E-state index contributed by atoms with van der Waals surface area (Å²) in [7, 11) is 1.67. The molecule has 0 unspecified atom stereocenters. The lowest BCUT2D eigenvalue weighted by molar-refractivity contribution is 0.0704. The molecule has 0 aliphatic carbocycles. The number of hydrogen-bond donors (Lipinski definition) is 1. The lowest BCUT2D eigenvalue weighted by Crippen LogP contribution is -2.39. The number of likely N-dealkylation sites (tertiary alicyclic amines) is 1. The number of carbonyl (C=O) groups is 1. The maximum atomic E-state index is 13.1. The van der Waals surface area contributed by atoms with Crippen LogP contribution in [0.1, 0.15) is 57.3 Å². The van der Waals surface area contributed by atoms with Crippen molar-refractivity contribution >= 4 is 11.9 Å². The highest BCUT2D eigenvalue weighted by Gasteiger charge is 2.28. The summed E-state index contributed by atoms with van der Waals surface area (Å²) >= 11 is 0. The molecule has 3 heterocycles. The van der Waals surface area contributed by atoms with Gasteiger partial charge in [0.25, 0.3) is 5.91 Å². The van der Waals surface area contributed by atoms with Gasteiger partial charge in [0.05, 0.1) is 18.4 Å². The molecular weight excluding hydrogens is 402 g/mol. The zero-order chi connectivity index (χ0) is 22.7. The van der Waals surface area contributed by atoms with E-state index in [1.807, 2.05) is 24.0 Å². The summed E-state index contributed by atoms with van der Waals surface area (Å²) in [4.78, 5) is 28.0. The van der Waals surface area contributed by atoms with Crippen molar-refractivity contribution in [2.45, 2.75) is 39.0 Å². The first-order valence-electron chi connectivity index (χ1n) is 10.9. The second-order valence-electron chi connectivity index (χ2n) is 8.38. The van der Waals surface area contributed by atoms with Gasteiger partial charge < -0.3 is 15.4 Å². The molecule has 1 fully saturated rings. The van der Waals surface area contributed by atoms with Crippen LogP contribution in [0, 0.1) is 13.8 Å². The minimum atomic E-state index is -0.0432. The van der Waals surface area contributed by atoms with Crippen LogP contribution in [0.15, 0.2) is 42.6 Å². The Balaban J connectivity index is 1.51. The smallest absolute Gasteiger partial charge is 0.257 e. The number of nitrogens with zero attached hydrogens (tertiary/aromatic N) is 4.